The van der Waals surface area contributed by atoms with E-state index in [1.807, 2.05) is 23.6 Å². The Morgan fingerprint density at radius 2 is 1.93 bits per heavy atom. The number of aromatic nitrogens is 3. The van der Waals surface area contributed by atoms with Crippen molar-refractivity contribution in [2.24, 2.45) is 5.10 Å². The molecule has 1 N–H and O–H groups in total. The van der Waals surface area contributed by atoms with Gasteiger partial charge in [0.2, 0.25) is 0 Å². The summed E-state index contributed by atoms with van der Waals surface area (Å²) < 4.78 is 14.8. The van der Waals surface area contributed by atoms with E-state index in [9.17, 15) is 9.18 Å². The van der Waals surface area contributed by atoms with Gasteiger partial charge in [-0.1, -0.05) is 35.5 Å². The Labute approximate surface area is 170 Å². The fourth-order valence-corrected chi connectivity index (χ4v) is 3.30. The predicted molar refractivity (Wildman–Crippen MR) is 109 cm³/mol. The summed E-state index contributed by atoms with van der Waals surface area (Å²) in [7, 11) is 0. The topological polar surface area (TPSA) is 72.2 Å². The van der Waals surface area contributed by atoms with Crippen LogP contribution in [-0.2, 0) is 11.3 Å². The number of rotatable bonds is 7. The lowest BCUT2D eigenvalue weighted by Crippen LogP contribution is -2.20. The first kappa shape index (κ1) is 20.0. The number of hydrogen-bond donors (Lipinski definition) is 1. The zero-order valence-electron chi connectivity index (χ0n) is 15.0. The average Bonchev–Trinajstić information content (AvgIpc) is 3.11. The van der Waals surface area contributed by atoms with Crippen molar-refractivity contribution in [3.8, 4) is 11.4 Å². The van der Waals surface area contributed by atoms with Crippen LogP contribution in [0.5, 0.6) is 0 Å². The Bertz CT molecular complexity index is 973. The van der Waals surface area contributed by atoms with Gasteiger partial charge in [-0.25, -0.2) is 9.82 Å². The van der Waals surface area contributed by atoms with Crippen molar-refractivity contribution in [3.05, 3.63) is 64.9 Å². The van der Waals surface area contributed by atoms with Gasteiger partial charge in [-0.3, -0.25) is 4.79 Å². The SMILES string of the molecule is CCn1c(SCC(=O)N/N=C\c2ccc(F)cc2)nnc1-c1ccc(Cl)cc1. The molecular formula is C19H17ClFN5OS. The molecule has 0 aliphatic heterocycles. The molecule has 2 aromatic carbocycles. The Balaban J connectivity index is 1.58. The molecule has 6 nitrogen and oxygen atoms in total. The predicted octanol–water partition coefficient (Wildman–Crippen LogP) is 4.00. The number of nitrogens with one attached hydrogen (secondary N) is 1. The molecule has 1 heterocycles. The lowest BCUT2D eigenvalue weighted by atomic mass is 10.2. The van der Waals surface area contributed by atoms with Gasteiger partial charge in [-0.2, -0.15) is 5.10 Å². The highest BCUT2D eigenvalue weighted by molar-refractivity contribution is 7.99. The number of carbonyl (C=O) groups is 1. The standard InChI is InChI=1S/C19H17ClFN5OS/c1-2-26-18(14-5-7-15(20)8-6-14)24-25-19(26)28-12-17(27)23-22-11-13-3-9-16(21)10-4-13/h3-11H,2,12H2,1H3,(H,23,27)/b22-11-. The van der Waals surface area contributed by atoms with Crippen LogP contribution in [0.1, 0.15) is 12.5 Å². The largest absolute Gasteiger partial charge is 0.302 e. The lowest BCUT2D eigenvalue weighted by Gasteiger charge is -2.07. The number of thioether (sulfide) groups is 1. The molecule has 0 saturated heterocycles. The van der Waals surface area contributed by atoms with Gasteiger partial charge in [0, 0.05) is 17.1 Å². The maximum absolute atomic E-state index is 12.9. The molecule has 0 bridgehead atoms. The van der Waals surface area contributed by atoms with Gasteiger partial charge in [-0.15, -0.1) is 10.2 Å². The van der Waals surface area contributed by atoms with Crippen molar-refractivity contribution in [3.63, 3.8) is 0 Å². The van der Waals surface area contributed by atoms with E-state index in [0.717, 1.165) is 11.4 Å². The average molecular weight is 418 g/mol. The van der Waals surface area contributed by atoms with Gasteiger partial charge >= 0.3 is 0 Å². The number of benzene rings is 2. The van der Waals surface area contributed by atoms with Crippen LogP contribution in [0.2, 0.25) is 5.02 Å². The van der Waals surface area contributed by atoms with Crippen LogP contribution in [0.4, 0.5) is 4.39 Å². The summed E-state index contributed by atoms with van der Waals surface area (Å²) in [5.41, 5.74) is 4.03. The van der Waals surface area contributed by atoms with E-state index >= 15 is 0 Å². The second-order valence-corrected chi connectivity index (χ2v) is 7.07. The van der Waals surface area contributed by atoms with E-state index in [2.05, 4.69) is 20.7 Å². The summed E-state index contributed by atoms with van der Waals surface area (Å²) >= 11 is 7.21. The molecule has 0 saturated carbocycles. The maximum Gasteiger partial charge on any atom is 0.250 e. The molecule has 3 aromatic rings. The molecule has 0 spiro atoms. The van der Waals surface area contributed by atoms with Crippen molar-refractivity contribution < 1.29 is 9.18 Å². The fourth-order valence-electron chi connectivity index (χ4n) is 2.38. The van der Waals surface area contributed by atoms with E-state index in [1.54, 1.807) is 24.3 Å². The summed E-state index contributed by atoms with van der Waals surface area (Å²) in [4.78, 5) is 12.0. The molecule has 0 radical (unpaired) electrons. The summed E-state index contributed by atoms with van der Waals surface area (Å²) in [5, 5.41) is 13.6. The smallest absolute Gasteiger partial charge is 0.250 e. The minimum absolute atomic E-state index is 0.138. The van der Waals surface area contributed by atoms with Gasteiger partial charge in [0.05, 0.1) is 12.0 Å². The fraction of sp³-hybridized carbons (Fsp3) is 0.158. The Morgan fingerprint density at radius 1 is 1.21 bits per heavy atom. The number of carbonyl (C=O) groups excluding carboxylic acids is 1. The van der Waals surface area contributed by atoms with Gasteiger partial charge in [0.25, 0.3) is 5.91 Å². The molecule has 28 heavy (non-hydrogen) atoms. The van der Waals surface area contributed by atoms with E-state index in [-0.39, 0.29) is 17.5 Å². The first-order chi connectivity index (χ1) is 13.6. The van der Waals surface area contributed by atoms with Crippen LogP contribution < -0.4 is 5.43 Å². The minimum atomic E-state index is -0.324. The van der Waals surface area contributed by atoms with Gasteiger partial charge in [0.1, 0.15) is 5.82 Å². The molecule has 1 amide bonds. The minimum Gasteiger partial charge on any atom is -0.302 e. The Kier molecular flexibility index (Phi) is 6.78. The van der Waals surface area contributed by atoms with Crippen LogP contribution >= 0.6 is 23.4 Å². The molecular weight excluding hydrogens is 401 g/mol. The first-order valence-electron chi connectivity index (χ1n) is 8.46. The third kappa shape index (κ3) is 5.17. The quantitative estimate of drug-likeness (QED) is 0.358. The van der Waals surface area contributed by atoms with Gasteiger partial charge in [0.15, 0.2) is 11.0 Å². The number of hydrogen-bond acceptors (Lipinski definition) is 5. The van der Waals surface area contributed by atoms with Crippen LogP contribution in [0.15, 0.2) is 58.8 Å². The molecule has 9 heteroatoms. The molecule has 0 aliphatic carbocycles. The summed E-state index contributed by atoms with van der Waals surface area (Å²) in [6, 6.07) is 13.1. The highest BCUT2D eigenvalue weighted by Crippen LogP contribution is 2.24. The van der Waals surface area contributed by atoms with Crippen molar-refractivity contribution in [2.75, 3.05) is 5.75 Å². The van der Waals surface area contributed by atoms with Crippen molar-refractivity contribution in [2.45, 2.75) is 18.6 Å². The molecule has 3 rings (SSSR count). The van der Waals surface area contributed by atoms with Crippen LogP contribution in [-0.4, -0.2) is 32.6 Å². The molecule has 0 atom stereocenters. The number of amides is 1. The second kappa shape index (κ2) is 9.48. The highest BCUT2D eigenvalue weighted by atomic mass is 35.5. The number of hydrazone groups is 1. The zero-order chi connectivity index (χ0) is 19.9. The monoisotopic (exact) mass is 417 g/mol. The van der Waals surface area contributed by atoms with E-state index in [0.29, 0.717) is 22.3 Å². The van der Waals surface area contributed by atoms with Gasteiger partial charge in [-0.05, 0) is 48.9 Å². The number of nitrogens with zero attached hydrogens (tertiary/aromatic N) is 4. The van der Waals surface area contributed by atoms with E-state index in [1.165, 1.54) is 30.1 Å². The third-order valence-electron chi connectivity index (χ3n) is 3.74. The Hall–Kier alpha value is -2.71. The normalized spacial score (nSPS) is 11.1. The third-order valence-corrected chi connectivity index (χ3v) is 4.96. The molecule has 0 aliphatic rings. The molecule has 0 fully saturated rings. The van der Waals surface area contributed by atoms with Gasteiger partial charge < -0.3 is 4.57 Å². The lowest BCUT2D eigenvalue weighted by molar-refractivity contribution is -0.118. The molecule has 0 unspecified atom stereocenters. The van der Waals surface area contributed by atoms with Crippen molar-refractivity contribution in [1.82, 2.24) is 20.2 Å². The van der Waals surface area contributed by atoms with E-state index < -0.39 is 0 Å². The Morgan fingerprint density at radius 3 is 2.61 bits per heavy atom. The summed E-state index contributed by atoms with van der Waals surface area (Å²) in [6.45, 7) is 2.65. The first-order valence-corrected chi connectivity index (χ1v) is 9.82. The maximum atomic E-state index is 12.9. The van der Waals surface area contributed by atoms with Crippen LogP contribution in [0.25, 0.3) is 11.4 Å². The number of halogens is 2. The molecule has 1 aromatic heterocycles. The summed E-state index contributed by atoms with van der Waals surface area (Å²) in [5.74, 6) is 0.258. The van der Waals surface area contributed by atoms with E-state index in [4.69, 9.17) is 11.6 Å². The molecule has 144 valence electrons. The second-order valence-electron chi connectivity index (χ2n) is 5.69. The zero-order valence-corrected chi connectivity index (χ0v) is 16.5. The van der Waals surface area contributed by atoms with Crippen LogP contribution in [0.3, 0.4) is 0 Å². The highest BCUT2D eigenvalue weighted by Gasteiger charge is 2.14. The van der Waals surface area contributed by atoms with Crippen molar-refractivity contribution >= 4 is 35.5 Å². The van der Waals surface area contributed by atoms with Crippen LogP contribution in [0, 0.1) is 5.82 Å². The summed E-state index contributed by atoms with van der Waals surface area (Å²) in [6.07, 6.45) is 1.45. The van der Waals surface area contributed by atoms with Crippen molar-refractivity contribution in [1.29, 1.82) is 0 Å².